The van der Waals surface area contributed by atoms with E-state index < -0.39 is 24.0 Å². The fraction of sp³-hybridized carbons (Fsp3) is 0.200. The molecule has 0 aromatic heterocycles. The molecule has 114 valence electrons. The predicted octanol–water partition coefficient (Wildman–Crippen LogP) is -0.686. The first kappa shape index (κ1) is 22.2. The molecular formula is C10H18N4O6. The molecule has 0 rings (SSSR count). The van der Waals surface area contributed by atoms with Gasteiger partial charge in [0.2, 0.25) is 0 Å². The maximum absolute atomic E-state index is 10.1. The summed E-state index contributed by atoms with van der Waals surface area (Å²) in [7, 11) is 0. The van der Waals surface area contributed by atoms with Gasteiger partial charge in [-0.2, -0.15) is 0 Å². The molecular weight excluding hydrogens is 272 g/mol. The van der Waals surface area contributed by atoms with Crippen molar-refractivity contribution in [1.82, 2.24) is 5.32 Å². The first-order valence-corrected chi connectivity index (χ1v) is 4.81. The Hall–Kier alpha value is -3.04. The van der Waals surface area contributed by atoms with Crippen molar-refractivity contribution in [3.63, 3.8) is 0 Å². The molecule has 10 heteroatoms. The van der Waals surface area contributed by atoms with Crippen LogP contribution in [-0.2, 0) is 9.59 Å². The average molecular weight is 290 g/mol. The molecule has 0 aliphatic carbocycles. The van der Waals surface area contributed by atoms with E-state index in [4.69, 9.17) is 15.0 Å². The van der Waals surface area contributed by atoms with Crippen molar-refractivity contribution in [2.75, 3.05) is 0 Å². The van der Waals surface area contributed by atoms with Gasteiger partial charge in [-0.3, -0.25) is 0 Å². The Kier molecular flexibility index (Phi) is 13.8. The van der Waals surface area contributed by atoms with Gasteiger partial charge in [0, 0.05) is 11.8 Å². The second kappa shape index (κ2) is 12.4. The van der Waals surface area contributed by atoms with Crippen LogP contribution in [0, 0.1) is 0 Å². The zero-order valence-corrected chi connectivity index (χ0v) is 11.0. The maximum atomic E-state index is 10.1. The molecule has 0 aromatic carbocycles. The number of primary amides is 3. The third-order valence-electron chi connectivity index (χ3n) is 1.13. The summed E-state index contributed by atoms with van der Waals surface area (Å²) < 4.78 is 0. The first-order valence-electron chi connectivity index (χ1n) is 4.81. The molecule has 0 fully saturated rings. The number of carboxylic acid groups (broad SMARTS) is 2. The molecule has 0 saturated carbocycles. The minimum atomic E-state index is -1.09. The Bertz CT molecular complexity index is 400. The van der Waals surface area contributed by atoms with E-state index in [1.165, 1.54) is 13.8 Å². The summed E-state index contributed by atoms with van der Waals surface area (Å²) in [6.45, 7) is 5.95. The molecule has 0 saturated heterocycles. The zero-order valence-electron chi connectivity index (χ0n) is 11.0. The SMILES string of the molecule is C=C(C)C(=O)O.CC(=CNC(N)=O)C(=O)O.NC(N)=O. The van der Waals surface area contributed by atoms with E-state index in [0.717, 1.165) is 6.20 Å². The molecule has 0 aliphatic heterocycles. The van der Waals surface area contributed by atoms with Crippen LogP contribution >= 0.6 is 0 Å². The zero-order chi connectivity index (χ0) is 16.9. The van der Waals surface area contributed by atoms with Crippen LogP contribution in [0.1, 0.15) is 13.8 Å². The Labute approximate surface area is 114 Å². The van der Waals surface area contributed by atoms with Crippen molar-refractivity contribution in [2.45, 2.75) is 13.8 Å². The summed E-state index contributed by atoms with van der Waals surface area (Å²) in [5, 5.41) is 18.1. The van der Waals surface area contributed by atoms with E-state index in [2.05, 4.69) is 23.8 Å². The number of carbonyl (C=O) groups is 4. The van der Waals surface area contributed by atoms with Crippen LogP contribution in [0.4, 0.5) is 9.59 Å². The van der Waals surface area contributed by atoms with E-state index in [1.54, 1.807) is 0 Å². The summed E-state index contributed by atoms with van der Waals surface area (Å²) in [6, 6.07) is -1.61. The number of nitrogens with one attached hydrogen (secondary N) is 1. The molecule has 0 spiro atoms. The number of hydrogen-bond donors (Lipinski definition) is 6. The normalized spacial score (nSPS) is 8.80. The van der Waals surface area contributed by atoms with Gasteiger partial charge < -0.3 is 32.7 Å². The largest absolute Gasteiger partial charge is 0.478 e. The minimum absolute atomic E-state index is 0.0267. The van der Waals surface area contributed by atoms with Gasteiger partial charge in [-0.15, -0.1) is 0 Å². The van der Waals surface area contributed by atoms with Crippen molar-refractivity contribution in [3.8, 4) is 0 Å². The van der Waals surface area contributed by atoms with Crippen LogP contribution in [0.25, 0.3) is 0 Å². The Morgan fingerprint density at radius 1 is 1.00 bits per heavy atom. The number of nitrogens with two attached hydrogens (primary N) is 3. The van der Waals surface area contributed by atoms with Crippen molar-refractivity contribution >= 4 is 24.0 Å². The van der Waals surface area contributed by atoms with Crippen LogP contribution < -0.4 is 22.5 Å². The van der Waals surface area contributed by atoms with E-state index in [1.807, 2.05) is 5.32 Å². The molecule has 0 unspecified atom stereocenters. The number of hydrogen-bond acceptors (Lipinski definition) is 4. The lowest BCUT2D eigenvalue weighted by molar-refractivity contribution is -0.133. The second-order valence-electron chi connectivity index (χ2n) is 3.13. The molecule has 0 atom stereocenters. The highest BCUT2D eigenvalue weighted by Gasteiger charge is 1.98. The van der Waals surface area contributed by atoms with Crippen molar-refractivity contribution in [3.05, 3.63) is 23.9 Å². The van der Waals surface area contributed by atoms with Gasteiger partial charge in [-0.25, -0.2) is 19.2 Å². The molecule has 10 nitrogen and oxygen atoms in total. The van der Waals surface area contributed by atoms with Crippen LogP contribution in [-0.4, -0.2) is 34.2 Å². The maximum Gasteiger partial charge on any atom is 0.332 e. The summed E-state index contributed by atoms with van der Waals surface area (Å²) in [6.07, 6.45) is 1.03. The molecule has 4 amide bonds. The van der Waals surface area contributed by atoms with Gasteiger partial charge in [0.1, 0.15) is 0 Å². The Morgan fingerprint density at radius 2 is 1.30 bits per heavy atom. The lowest BCUT2D eigenvalue weighted by atomic mass is 10.3. The molecule has 0 radical (unpaired) electrons. The molecule has 0 aromatic rings. The summed E-state index contributed by atoms with van der Waals surface area (Å²) in [4.78, 5) is 38.7. The number of carboxylic acids is 2. The minimum Gasteiger partial charge on any atom is -0.478 e. The second-order valence-corrected chi connectivity index (χ2v) is 3.13. The number of amides is 4. The monoisotopic (exact) mass is 290 g/mol. The van der Waals surface area contributed by atoms with Crippen molar-refractivity contribution in [1.29, 1.82) is 0 Å². The lowest BCUT2D eigenvalue weighted by Gasteiger charge is -1.92. The van der Waals surface area contributed by atoms with Gasteiger partial charge in [0.25, 0.3) is 0 Å². The molecule has 9 N–H and O–H groups in total. The Morgan fingerprint density at radius 3 is 1.45 bits per heavy atom. The highest BCUT2D eigenvalue weighted by atomic mass is 16.4. The number of urea groups is 2. The van der Waals surface area contributed by atoms with Crippen LogP contribution in [0.5, 0.6) is 0 Å². The van der Waals surface area contributed by atoms with Gasteiger partial charge in [0.05, 0.1) is 5.57 Å². The van der Waals surface area contributed by atoms with E-state index in [9.17, 15) is 14.4 Å². The summed E-state index contributed by atoms with van der Waals surface area (Å²) >= 11 is 0. The number of carbonyl (C=O) groups excluding carboxylic acids is 2. The highest BCUT2D eigenvalue weighted by Crippen LogP contribution is 1.87. The molecule has 0 heterocycles. The van der Waals surface area contributed by atoms with E-state index >= 15 is 0 Å². The fourth-order valence-corrected chi connectivity index (χ4v) is 0.241. The fourth-order valence-electron chi connectivity index (χ4n) is 0.241. The lowest BCUT2D eigenvalue weighted by Crippen LogP contribution is -2.25. The van der Waals surface area contributed by atoms with Crippen molar-refractivity contribution < 1.29 is 29.4 Å². The predicted molar refractivity (Wildman–Crippen MR) is 70.3 cm³/mol. The van der Waals surface area contributed by atoms with Gasteiger partial charge in [0.15, 0.2) is 0 Å². The van der Waals surface area contributed by atoms with Crippen LogP contribution in [0.15, 0.2) is 23.9 Å². The van der Waals surface area contributed by atoms with E-state index in [-0.39, 0.29) is 11.1 Å². The van der Waals surface area contributed by atoms with E-state index in [0.29, 0.717) is 0 Å². The quantitative estimate of drug-likeness (QED) is 0.371. The average Bonchev–Trinajstić information content (AvgIpc) is 2.25. The first-order chi connectivity index (χ1) is 8.91. The van der Waals surface area contributed by atoms with Crippen LogP contribution in [0.2, 0.25) is 0 Å². The third-order valence-corrected chi connectivity index (χ3v) is 1.13. The highest BCUT2D eigenvalue weighted by molar-refractivity contribution is 5.86. The van der Waals surface area contributed by atoms with Crippen molar-refractivity contribution in [2.24, 2.45) is 17.2 Å². The topological polar surface area (TPSA) is 199 Å². The van der Waals surface area contributed by atoms with Gasteiger partial charge >= 0.3 is 24.0 Å². The molecule has 20 heavy (non-hydrogen) atoms. The standard InChI is InChI=1S/C5H8N2O3.C4H6O2.CH4N2O/c1-3(4(8)9)2-7-5(6)10;1-3(2)4(5)6;2-1(3)4/h2H,1H3,(H,8,9)(H3,6,7,10);1H2,2H3,(H,5,6);(H4,2,3,4). The number of aliphatic carboxylic acids is 2. The summed E-state index contributed by atoms with van der Waals surface area (Å²) in [5.74, 6) is -2.02. The molecule has 0 bridgehead atoms. The van der Waals surface area contributed by atoms with Gasteiger partial charge in [-0.1, -0.05) is 6.58 Å². The summed E-state index contributed by atoms with van der Waals surface area (Å²) in [5.41, 5.74) is 13.4. The molecule has 0 aliphatic rings. The Balaban J connectivity index is -0.000000246. The van der Waals surface area contributed by atoms with Crippen LogP contribution in [0.3, 0.4) is 0 Å². The third kappa shape index (κ3) is 29.4. The number of rotatable bonds is 3. The smallest absolute Gasteiger partial charge is 0.332 e. The van der Waals surface area contributed by atoms with Gasteiger partial charge in [-0.05, 0) is 13.8 Å².